The number of nitrogens with one attached hydrogen (secondary N) is 2. The highest BCUT2D eigenvalue weighted by Gasteiger charge is 2.16. The fourth-order valence-electron chi connectivity index (χ4n) is 3.64. The molecule has 2 amide bonds. The molecule has 1 aliphatic heterocycles. The number of ether oxygens (including phenoxy) is 1. The van der Waals surface area contributed by atoms with Gasteiger partial charge in [-0.3, -0.25) is 0 Å². The number of benzene rings is 2. The first-order chi connectivity index (χ1) is 14.2. The van der Waals surface area contributed by atoms with E-state index in [-0.39, 0.29) is 6.03 Å². The van der Waals surface area contributed by atoms with Crippen LogP contribution in [0.3, 0.4) is 0 Å². The highest BCUT2D eigenvalue weighted by molar-refractivity contribution is 5.93. The van der Waals surface area contributed by atoms with Crippen molar-refractivity contribution in [2.24, 2.45) is 0 Å². The number of aromatic nitrogens is 2. The van der Waals surface area contributed by atoms with Crippen LogP contribution in [0.15, 0.2) is 54.7 Å². The minimum absolute atomic E-state index is 0.213. The van der Waals surface area contributed by atoms with E-state index in [2.05, 4.69) is 21.4 Å². The Balaban J connectivity index is 1.37. The minimum atomic E-state index is -0.213. The van der Waals surface area contributed by atoms with Crippen LogP contribution in [0.4, 0.5) is 10.5 Å². The van der Waals surface area contributed by atoms with E-state index >= 15 is 0 Å². The van der Waals surface area contributed by atoms with Crippen LogP contribution >= 0.6 is 0 Å². The van der Waals surface area contributed by atoms with Crippen molar-refractivity contribution in [1.29, 1.82) is 0 Å². The van der Waals surface area contributed by atoms with Gasteiger partial charge in [0.2, 0.25) is 0 Å². The number of hydrogen-bond acceptors (Lipinski definition) is 3. The fraction of sp³-hybridized carbons (Fsp3) is 0.304. The summed E-state index contributed by atoms with van der Waals surface area (Å²) in [5.41, 5.74) is 3.77. The summed E-state index contributed by atoms with van der Waals surface area (Å²) in [6, 6.07) is 15.5. The van der Waals surface area contributed by atoms with Crippen molar-refractivity contribution >= 4 is 11.7 Å². The van der Waals surface area contributed by atoms with Crippen molar-refractivity contribution in [3.63, 3.8) is 0 Å². The predicted octanol–water partition coefficient (Wildman–Crippen LogP) is 4.26. The third-order valence-corrected chi connectivity index (χ3v) is 5.22. The zero-order valence-corrected chi connectivity index (χ0v) is 16.6. The minimum Gasteiger partial charge on any atom is -0.497 e. The number of amides is 2. The Morgan fingerprint density at radius 2 is 1.97 bits per heavy atom. The number of para-hydroxylation sites is 1. The van der Waals surface area contributed by atoms with Crippen molar-refractivity contribution in [1.82, 2.24) is 14.9 Å². The number of carbonyl (C=O) groups excluding carboxylic acids is 1. The topological polar surface area (TPSA) is 68.2 Å². The zero-order valence-electron chi connectivity index (χ0n) is 16.6. The molecule has 0 atom stereocenters. The molecule has 6 nitrogen and oxygen atoms in total. The summed E-state index contributed by atoms with van der Waals surface area (Å²) in [7, 11) is 1.65. The van der Waals surface area contributed by atoms with E-state index in [1.807, 2.05) is 48.5 Å². The number of rotatable bonds is 6. The van der Waals surface area contributed by atoms with Gasteiger partial charge in [0.15, 0.2) is 0 Å². The lowest BCUT2D eigenvalue weighted by Crippen LogP contribution is -2.30. The monoisotopic (exact) mass is 390 g/mol. The maximum atomic E-state index is 12.4. The van der Waals surface area contributed by atoms with Gasteiger partial charge < -0.3 is 19.9 Å². The van der Waals surface area contributed by atoms with Crippen LogP contribution < -0.4 is 15.4 Å². The Morgan fingerprint density at radius 3 is 2.76 bits per heavy atom. The summed E-state index contributed by atoms with van der Waals surface area (Å²) in [5.74, 6) is 1.96. The average molecular weight is 390 g/mol. The fourth-order valence-corrected chi connectivity index (χ4v) is 3.64. The van der Waals surface area contributed by atoms with Crippen LogP contribution in [0.1, 0.15) is 24.2 Å². The molecule has 0 saturated carbocycles. The summed E-state index contributed by atoms with van der Waals surface area (Å²) in [6.45, 7) is 1.57. The van der Waals surface area contributed by atoms with Crippen molar-refractivity contribution in [3.05, 3.63) is 66.1 Å². The summed E-state index contributed by atoms with van der Waals surface area (Å²) < 4.78 is 7.39. The summed E-state index contributed by atoms with van der Waals surface area (Å²) in [4.78, 5) is 17.2. The quantitative estimate of drug-likeness (QED) is 0.661. The first kappa shape index (κ1) is 19.1. The van der Waals surface area contributed by atoms with Gasteiger partial charge in [0.25, 0.3) is 0 Å². The molecular weight excluding hydrogens is 364 g/mol. The lowest BCUT2D eigenvalue weighted by atomic mass is 10.1. The Labute approximate surface area is 170 Å². The number of anilines is 1. The molecule has 29 heavy (non-hydrogen) atoms. The Morgan fingerprint density at radius 1 is 1.14 bits per heavy atom. The molecule has 6 heteroatoms. The Hall–Kier alpha value is -3.28. The van der Waals surface area contributed by atoms with E-state index in [0.29, 0.717) is 6.54 Å². The lowest BCUT2D eigenvalue weighted by Gasteiger charge is -2.11. The molecule has 2 aromatic carbocycles. The molecule has 0 fully saturated rings. The SMILES string of the molecule is COc1ccc(CCNC(=O)Nc2ccccc2-c2cn3c(n2)CCCC3)cc1. The predicted molar refractivity (Wildman–Crippen MR) is 114 cm³/mol. The van der Waals surface area contributed by atoms with Gasteiger partial charge in [-0.15, -0.1) is 0 Å². The normalized spacial score (nSPS) is 12.9. The number of nitrogens with zero attached hydrogens (tertiary/aromatic N) is 2. The number of aryl methyl sites for hydroxylation is 2. The third kappa shape index (κ3) is 4.59. The van der Waals surface area contributed by atoms with Crippen molar-refractivity contribution in [2.45, 2.75) is 32.2 Å². The maximum Gasteiger partial charge on any atom is 0.319 e. The van der Waals surface area contributed by atoms with Crippen molar-refractivity contribution in [3.8, 4) is 17.0 Å². The van der Waals surface area contributed by atoms with Crippen LogP contribution in [-0.4, -0.2) is 29.2 Å². The number of imidazole rings is 1. The average Bonchev–Trinajstić information content (AvgIpc) is 3.19. The molecular formula is C23H26N4O2. The van der Waals surface area contributed by atoms with E-state index in [1.54, 1.807) is 7.11 Å². The largest absolute Gasteiger partial charge is 0.497 e. The molecule has 2 heterocycles. The number of hydrogen-bond donors (Lipinski definition) is 2. The molecule has 150 valence electrons. The Bertz CT molecular complexity index is 955. The molecule has 0 bridgehead atoms. The summed E-state index contributed by atoms with van der Waals surface area (Å²) >= 11 is 0. The van der Waals surface area contributed by atoms with E-state index in [0.717, 1.165) is 53.5 Å². The van der Waals surface area contributed by atoms with Crippen LogP contribution in [-0.2, 0) is 19.4 Å². The molecule has 4 rings (SSSR count). The zero-order chi connectivity index (χ0) is 20.1. The molecule has 1 aromatic heterocycles. The van der Waals surface area contributed by atoms with Gasteiger partial charge in [-0.05, 0) is 43.0 Å². The van der Waals surface area contributed by atoms with E-state index in [1.165, 1.54) is 12.8 Å². The number of methoxy groups -OCH3 is 1. The van der Waals surface area contributed by atoms with Crippen LogP contribution in [0, 0.1) is 0 Å². The molecule has 0 unspecified atom stereocenters. The highest BCUT2D eigenvalue weighted by atomic mass is 16.5. The van der Waals surface area contributed by atoms with Gasteiger partial charge in [0.1, 0.15) is 11.6 Å². The van der Waals surface area contributed by atoms with Gasteiger partial charge in [-0.25, -0.2) is 9.78 Å². The summed E-state index contributed by atoms with van der Waals surface area (Å²) in [5, 5.41) is 5.90. The lowest BCUT2D eigenvalue weighted by molar-refractivity contribution is 0.252. The molecule has 0 radical (unpaired) electrons. The second kappa shape index (κ2) is 8.82. The van der Waals surface area contributed by atoms with Crippen LogP contribution in [0.2, 0.25) is 0 Å². The van der Waals surface area contributed by atoms with E-state index in [9.17, 15) is 4.79 Å². The van der Waals surface area contributed by atoms with Crippen molar-refractivity contribution in [2.75, 3.05) is 19.0 Å². The number of carbonyl (C=O) groups is 1. The molecule has 0 saturated heterocycles. The molecule has 3 aromatic rings. The first-order valence-corrected chi connectivity index (χ1v) is 10.1. The van der Waals surface area contributed by atoms with Gasteiger partial charge >= 0.3 is 6.03 Å². The van der Waals surface area contributed by atoms with Crippen molar-refractivity contribution < 1.29 is 9.53 Å². The van der Waals surface area contributed by atoms with Crippen LogP contribution in [0.5, 0.6) is 5.75 Å². The van der Waals surface area contributed by atoms with E-state index in [4.69, 9.17) is 9.72 Å². The Kier molecular flexibility index (Phi) is 5.79. The van der Waals surface area contributed by atoms with Crippen LogP contribution in [0.25, 0.3) is 11.3 Å². The van der Waals surface area contributed by atoms with Gasteiger partial charge in [0.05, 0.1) is 18.5 Å². The highest BCUT2D eigenvalue weighted by Crippen LogP contribution is 2.28. The molecule has 0 spiro atoms. The second-order valence-corrected chi connectivity index (χ2v) is 7.22. The maximum absolute atomic E-state index is 12.4. The van der Waals surface area contributed by atoms with Gasteiger partial charge in [-0.1, -0.05) is 30.3 Å². The second-order valence-electron chi connectivity index (χ2n) is 7.22. The smallest absolute Gasteiger partial charge is 0.319 e. The third-order valence-electron chi connectivity index (χ3n) is 5.22. The summed E-state index contributed by atoms with van der Waals surface area (Å²) in [6.07, 6.45) is 6.25. The standard InChI is InChI=1S/C23H26N4O2/c1-29-18-11-9-17(10-12-18)13-14-24-23(28)26-20-7-3-2-6-19(20)21-16-27-15-5-4-8-22(27)25-21/h2-3,6-7,9-12,16H,4-5,8,13-15H2,1H3,(H2,24,26,28). The van der Waals surface area contributed by atoms with Gasteiger partial charge in [-0.2, -0.15) is 0 Å². The molecule has 2 N–H and O–H groups in total. The number of fused-ring (bicyclic) bond motifs is 1. The number of urea groups is 1. The van der Waals surface area contributed by atoms with Gasteiger partial charge in [0, 0.05) is 31.3 Å². The molecule has 1 aliphatic rings. The molecule has 0 aliphatic carbocycles. The van der Waals surface area contributed by atoms with E-state index < -0.39 is 0 Å². The first-order valence-electron chi connectivity index (χ1n) is 10.1.